The van der Waals surface area contributed by atoms with E-state index in [0.717, 1.165) is 31.7 Å². The number of aromatic nitrogens is 2. The summed E-state index contributed by atoms with van der Waals surface area (Å²) in [5.74, 6) is -0.558. The third-order valence-electron chi connectivity index (χ3n) is 3.37. The van der Waals surface area contributed by atoms with E-state index in [1.54, 1.807) is 16.5 Å². The standard InChI is InChI=1S/C13H14N2O3/c16-13(17)11-2-1-3-12-14-10(8-15(11)12)9-4-6-18-7-5-9/h1-3,8-9H,4-7H2,(H,16,17). The highest BCUT2D eigenvalue weighted by Gasteiger charge is 2.20. The Morgan fingerprint density at radius 2 is 2.17 bits per heavy atom. The minimum Gasteiger partial charge on any atom is -0.477 e. The fourth-order valence-corrected chi connectivity index (χ4v) is 2.39. The zero-order chi connectivity index (χ0) is 12.5. The van der Waals surface area contributed by atoms with E-state index in [2.05, 4.69) is 4.98 Å². The van der Waals surface area contributed by atoms with Gasteiger partial charge < -0.3 is 9.84 Å². The molecule has 1 aliphatic heterocycles. The topological polar surface area (TPSA) is 63.8 Å². The van der Waals surface area contributed by atoms with Gasteiger partial charge in [0, 0.05) is 25.3 Å². The maximum absolute atomic E-state index is 11.1. The highest BCUT2D eigenvalue weighted by Crippen LogP contribution is 2.26. The van der Waals surface area contributed by atoms with E-state index in [9.17, 15) is 4.79 Å². The van der Waals surface area contributed by atoms with Crippen molar-refractivity contribution >= 4 is 11.6 Å². The summed E-state index contributed by atoms with van der Waals surface area (Å²) in [6.07, 6.45) is 3.74. The third kappa shape index (κ3) is 1.86. The van der Waals surface area contributed by atoms with Crippen molar-refractivity contribution in [2.45, 2.75) is 18.8 Å². The van der Waals surface area contributed by atoms with Crippen molar-refractivity contribution in [3.05, 3.63) is 35.8 Å². The fourth-order valence-electron chi connectivity index (χ4n) is 2.39. The molecular weight excluding hydrogens is 232 g/mol. The molecule has 5 nitrogen and oxygen atoms in total. The van der Waals surface area contributed by atoms with Crippen molar-refractivity contribution in [3.8, 4) is 0 Å². The molecular formula is C13H14N2O3. The van der Waals surface area contributed by atoms with Gasteiger partial charge in [0.15, 0.2) is 0 Å². The predicted octanol–water partition coefficient (Wildman–Crippen LogP) is 1.93. The minimum absolute atomic E-state index is 0.248. The molecule has 94 valence electrons. The summed E-state index contributed by atoms with van der Waals surface area (Å²) >= 11 is 0. The summed E-state index contributed by atoms with van der Waals surface area (Å²) < 4.78 is 6.97. The van der Waals surface area contributed by atoms with Crippen molar-refractivity contribution in [1.29, 1.82) is 0 Å². The number of ether oxygens (including phenoxy) is 1. The Balaban J connectivity index is 2.04. The Bertz CT molecular complexity index is 585. The van der Waals surface area contributed by atoms with Gasteiger partial charge in [-0.25, -0.2) is 9.78 Å². The minimum atomic E-state index is -0.934. The van der Waals surface area contributed by atoms with Crippen LogP contribution in [0, 0.1) is 0 Å². The highest BCUT2D eigenvalue weighted by molar-refractivity contribution is 5.86. The lowest BCUT2D eigenvalue weighted by molar-refractivity contribution is 0.0688. The Hall–Kier alpha value is -1.88. The van der Waals surface area contributed by atoms with Crippen LogP contribution in [0.1, 0.15) is 34.9 Å². The van der Waals surface area contributed by atoms with E-state index in [-0.39, 0.29) is 5.69 Å². The second-order valence-electron chi connectivity index (χ2n) is 4.50. The van der Waals surface area contributed by atoms with Crippen LogP contribution in [0.25, 0.3) is 5.65 Å². The molecule has 0 atom stereocenters. The summed E-state index contributed by atoms with van der Waals surface area (Å²) in [5, 5.41) is 9.13. The highest BCUT2D eigenvalue weighted by atomic mass is 16.5. The number of carboxylic acid groups (broad SMARTS) is 1. The summed E-state index contributed by atoms with van der Waals surface area (Å²) in [4.78, 5) is 15.7. The number of fused-ring (bicyclic) bond motifs is 1. The van der Waals surface area contributed by atoms with Crippen LogP contribution in [0.3, 0.4) is 0 Å². The lowest BCUT2D eigenvalue weighted by atomic mass is 9.97. The molecule has 0 spiro atoms. The van der Waals surface area contributed by atoms with Crippen LogP contribution < -0.4 is 0 Å². The number of imidazole rings is 1. The van der Waals surface area contributed by atoms with E-state index in [1.807, 2.05) is 12.3 Å². The lowest BCUT2D eigenvalue weighted by Crippen LogP contribution is -2.14. The van der Waals surface area contributed by atoms with Crippen molar-refractivity contribution in [3.63, 3.8) is 0 Å². The smallest absolute Gasteiger partial charge is 0.352 e. The first-order valence-electron chi connectivity index (χ1n) is 6.05. The van der Waals surface area contributed by atoms with Crippen LogP contribution in [-0.2, 0) is 4.74 Å². The number of aromatic carboxylic acids is 1. The largest absolute Gasteiger partial charge is 0.477 e. The van der Waals surface area contributed by atoms with Gasteiger partial charge in [-0.1, -0.05) is 6.07 Å². The second-order valence-corrected chi connectivity index (χ2v) is 4.50. The van der Waals surface area contributed by atoms with E-state index < -0.39 is 5.97 Å². The van der Waals surface area contributed by atoms with Gasteiger partial charge >= 0.3 is 5.97 Å². The maximum atomic E-state index is 11.1. The summed E-state index contributed by atoms with van der Waals surface area (Å²) in [7, 11) is 0. The Kier molecular flexibility index (Phi) is 2.76. The maximum Gasteiger partial charge on any atom is 0.352 e. The molecule has 18 heavy (non-hydrogen) atoms. The van der Waals surface area contributed by atoms with Crippen LogP contribution in [-0.4, -0.2) is 33.7 Å². The molecule has 5 heteroatoms. The van der Waals surface area contributed by atoms with Crippen LogP contribution in [0.15, 0.2) is 24.4 Å². The van der Waals surface area contributed by atoms with Crippen LogP contribution >= 0.6 is 0 Å². The van der Waals surface area contributed by atoms with Crippen molar-refractivity contribution in [2.24, 2.45) is 0 Å². The molecule has 0 aliphatic carbocycles. The Morgan fingerprint density at radius 3 is 2.89 bits per heavy atom. The third-order valence-corrected chi connectivity index (χ3v) is 3.37. The Labute approximate surface area is 104 Å². The van der Waals surface area contributed by atoms with Gasteiger partial charge in [0.1, 0.15) is 11.3 Å². The number of carboxylic acids is 1. The average Bonchev–Trinajstić information content (AvgIpc) is 2.83. The first-order chi connectivity index (χ1) is 8.75. The lowest BCUT2D eigenvalue weighted by Gasteiger charge is -2.19. The average molecular weight is 246 g/mol. The number of hydrogen-bond acceptors (Lipinski definition) is 3. The summed E-state index contributed by atoms with van der Waals surface area (Å²) in [5.41, 5.74) is 1.90. The summed E-state index contributed by atoms with van der Waals surface area (Å²) in [6.45, 7) is 1.51. The number of pyridine rings is 1. The number of rotatable bonds is 2. The van der Waals surface area contributed by atoms with Gasteiger partial charge in [-0.15, -0.1) is 0 Å². The first-order valence-corrected chi connectivity index (χ1v) is 6.05. The number of carbonyl (C=O) groups is 1. The van der Waals surface area contributed by atoms with Crippen LogP contribution in [0.4, 0.5) is 0 Å². The van der Waals surface area contributed by atoms with Gasteiger partial charge in [-0.2, -0.15) is 0 Å². The van der Waals surface area contributed by atoms with Gasteiger partial charge in [0.25, 0.3) is 0 Å². The van der Waals surface area contributed by atoms with Crippen molar-refractivity contribution in [2.75, 3.05) is 13.2 Å². The van der Waals surface area contributed by atoms with Gasteiger partial charge in [-0.05, 0) is 25.0 Å². The molecule has 0 saturated carbocycles. The fraction of sp³-hybridized carbons (Fsp3) is 0.385. The van der Waals surface area contributed by atoms with E-state index >= 15 is 0 Å². The molecule has 1 aliphatic rings. The second kappa shape index (κ2) is 4.42. The number of hydrogen-bond donors (Lipinski definition) is 1. The van der Waals surface area contributed by atoms with Crippen LogP contribution in [0.2, 0.25) is 0 Å². The van der Waals surface area contributed by atoms with Crippen molar-refractivity contribution < 1.29 is 14.6 Å². The molecule has 0 bridgehead atoms. The zero-order valence-corrected chi connectivity index (χ0v) is 9.87. The van der Waals surface area contributed by atoms with E-state index in [4.69, 9.17) is 9.84 Å². The molecule has 0 aromatic carbocycles. The number of nitrogens with zero attached hydrogens (tertiary/aromatic N) is 2. The molecule has 0 radical (unpaired) electrons. The van der Waals surface area contributed by atoms with E-state index in [0.29, 0.717) is 11.6 Å². The molecule has 2 aromatic heterocycles. The molecule has 0 unspecified atom stereocenters. The first kappa shape index (κ1) is 11.2. The predicted molar refractivity (Wildman–Crippen MR) is 64.9 cm³/mol. The van der Waals surface area contributed by atoms with Gasteiger partial charge in [-0.3, -0.25) is 4.40 Å². The Morgan fingerprint density at radius 1 is 1.39 bits per heavy atom. The quantitative estimate of drug-likeness (QED) is 0.879. The molecule has 1 fully saturated rings. The molecule has 3 rings (SSSR count). The molecule has 1 N–H and O–H groups in total. The molecule has 0 amide bonds. The van der Waals surface area contributed by atoms with Crippen molar-refractivity contribution in [1.82, 2.24) is 9.38 Å². The SMILES string of the molecule is O=C(O)c1cccc2nc(C3CCOCC3)cn12. The summed E-state index contributed by atoms with van der Waals surface area (Å²) in [6, 6.07) is 5.14. The monoisotopic (exact) mass is 246 g/mol. The van der Waals surface area contributed by atoms with Gasteiger partial charge in [0.2, 0.25) is 0 Å². The molecule has 2 aromatic rings. The van der Waals surface area contributed by atoms with E-state index in [1.165, 1.54) is 0 Å². The normalized spacial score (nSPS) is 17.1. The van der Waals surface area contributed by atoms with Crippen LogP contribution in [0.5, 0.6) is 0 Å². The molecule has 3 heterocycles. The molecule has 1 saturated heterocycles. The zero-order valence-electron chi connectivity index (χ0n) is 9.87. The van der Waals surface area contributed by atoms with Gasteiger partial charge in [0.05, 0.1) is 5.69 Å².